The average molecular weight is 481 g/mol. The number of carbonyl (C=O) groups excluding carboxylic acids is 1. The highest BCUT2D eigenvalue weighted by molar-refractivity contribution is 6.04. The van der Waals surface area contributed by atoms with Crippen molar-refractivity contribution >= 4 is 23.0 Å². The van der Waals surface area contributed by atoms with E-state index < -0.39 is 0 Å². The molecule has 1 aliphatic rings. The second kappa shape index (κ2) is 11.4. The predicted octanol–water partition coefficient (Wildman–Crippen LogP) is 4.79. The Balaban J connectivity index is 1.37. The molecule has 0 unspecified atom stereocenters. The van der Waals surface area contributed by atoms with E-state index >= 15 is 0 Å². The number of ether oxygens (including phenoxy) is 2. The minimum atomic E-state index is -0.0253. The van der Waals surface area contributed by atoms with E-state index in [-0.39, 0.29) is 11.9 Å². The third kappa shape index (κ3) is 5.70. The number of methoxy groups -OCH3 is 1. The van der Waals surface area contributed by atoms with Gasteiger partial charge in [-0.2, -0.15) is 4.98 Å². The summed E-state index contributed by atoms with van der Waals surface area (Å²) in [5, 5.41) is 3.45. The van der Waals surface area contributed by atoms with Crippen LogP contribution in [-0.4, -0.2) is 66.6 Å². The van der Waals surface area contributed by atoms with Crippen LogP contribution in [0.15, 0.2) is 40.8 Å². The number of anilines is 1. The Bertz CT molecular complexity index is 1130. The summed E-state index contributed by atoms with van der Waals surface area (Å²) < 4.78 is 17.1. The maximum Gasteiger partial charge on any atom is 0.295 e. The van der Waals surface area contributed by atoms with E-state index in [0.29, 0.717) is 42.4 Å². The van der Waals surface area contributed by atoms with Crippen LogP contribution >= 0.6 is 0 Å². The summed E-state index contributed by atoms with van der Waals surface area (Å²) in [6.45, 7) is 10.7. The van der Waals surface area contributed by atoms with Crippen molar-refractivity contribution in [3.05, 3.63) is 47.5 Å². The molecule has 3 aromatic rings. The molecule has 0 aliphatic carbocycles. The zero-order chi connectivity index (χ0) is 24.8. The molecule has 35 heavy (non-hydrogen) atoms. The lowest BCUT2D eigenvalue weighted by Crippen LogP contribution is -2.38. The summed E-state index contributed by atoms with van der Waals surface area (Å²) >= 11 is 0. The molecule has 0 bridgehead atoms. The third-order valence-corrected chi connectivity index (χ3v) is 6.55. The predicted molar refractivity (Wildman–Crippen MR) is 137 cm³/mol. The van der Waals surface area contributed by atoms with Crippen LogP contribution in [0.1, 0.15) is 49.5 Å². The van der Waals surface area contributed by atoms with Crippen LogP contribution < -0.4 is 14.8 Å². The minimum Gasteiger partial charge on any atom is -0.493 e. The minimum absolute atomic E-state index is 0.0253. The van der Waals surface area contributed by atoms with Gasteiger partial charge in [-0.1, -0.05) is 12.1 Å². The van der Waals surface area contributed by atoms with E-state index in [1.807, 2.05) is 45.0 Å². The number of carbonyl (C=O) groups is 1. The van der Waals surface area contributed by atoms with E-state index in [1.165, 1.54) is 5.56 Å². The fourth-order valence-electron chi connectivity index (χ4n) is 4.62. The van der Waals surface area contributed by atoms with Crippen LogP contribution in [0.25, 0.3) is 11.1 Å². The maximum atomic E-state index is 12.9. The monoisotopic (exact) mass is 480 g/mol. The van der Waals surface area contributed by atoms with Crippen LogP contribution in [0.5, 0.6) is 11.5 Å². The van der Waals surface area contributed by atoms with Crippen molar-refractivity contribution in [2.24, 2.45) is 0 Å². The quantitative estimate of drug-likeness (QED) is 0.447. The van der Waals surface area contributed by atoms with Crippen molar-refractivity contribution in [3.8, 4) is 11.5 Å². The third-order valence-electron chi connectivity index (χ3n) is 6.55. The Labute approximate surface area is 207 Å². The number of amides is 1. The number of nitrogens with one attached hydrogen (secondary N) is 1. The fraction of sp³-hybridized carbons (Fsp3) is 0.481. The van der Waals surface area contributed by atoms with Crippen molar-refractivity contribution in [1.29, 1.82) is 0 Å². The van der Waals surface area contributed by atoms with Gasteiger partial charge in [0.25, 0.3) is 11.9 Å². The van der Waals surface area contributed by atoms with Gasteiger partial charge >= 0.3 is 0 Å². The van der Waals surface area contributed by atoms with E-state index in [9.17, 15) is 4.79 Å². The lowest BCUT2D eigenvalue weighted by atomic mass is 10.0. The highest BCUT2D eigenvalue weighted by atomic mass is 16.5. The van der Waals surface area contributed by atoms with Gasteiger partial charge < -0.3 is 24.1 Å². The van der Waals surface area contributed by atoms with Crippen molar-refractivity contribution < 1.29 is 18.7 Å². The summed E-state index contributed by atoms with van der Waals surface area (Å²) in [5.41, 5.74) is 3.03. The molecule has 4 rings (SSSR count). The molecule has 2 heterocycles. The standard InChI is InChI=1S/C27H36N4O4/c1-5-31(6-2)26(32)21-9-8-10-22-25(21)35-27(29-22)28-20-13-15-30(16-14-20)18-19-11-12-23(33-4)24(17-19)34-7-3/h8-12,17,20H,5-7,13-16,18H2,1-4H3,(H,28,29). The van der Waals surface area contributed by atoms with Crippen molar-refractivity contribution in [2.45, 2.75) is 46.2 Å². The Hall–Kier alpha value is -3.26. The normalized spacial score (nSPS) is 14.7. The second-order valence-corrected chi connectivity index (χ2v) is 8.76. The van der Waals surface area contributed by atoms with Crippen LogP contribution in [-0.2, 0) is 6.54 Å². The van der Waals surface area contributed by atoms with E-state index in [1.54, 1.807) is 12.0 Å². The Morgan fingerprint density at radius 3 is 2.60 bits per heavy atom. The number of nitrogens with zero attached hydrogens (tertiary/aromatic N) is 3. The van der Waals surface area contributed by atoms with Crippen LogP contribution in [0.4, 0.5) is 6.01 Å². The number of piperidine rings is 1. The Kier molecular flexibility index (Phi) is 8.13. The number of fused-ring (bicyclic) bond motifs is 1. The number of para-hydroxylation sites is 1. The first-order valence-electron chi connectivity index (χ1n) is 12.5. The van der Waals surface area contributed by atoms with Gasteiger partial charge in [0.05, 0.1) is 19.3 Å². The molecule has 2 aromatic carbocycles. The molecule has 1 aromatic heterocycles. The smallest absolute Gasteiger partial charge is 0.295 e. The molecule has 0 spiro atoms. The van der Waals surface area contributed by atoms with E-state index in [2.05, 4.69) is 27.3 Å². The molecular weight excluding hydrogens is 444 g/mol. The van der Waals surface area contributed by atoms with Gasteiger partial charge in [-0.05, 0) is 63.4 Å². The zero-order valence-corrected chi connectivity index (χ0v) is 21.2. The first-order chi connectivity index (χ1) is 17.1. The van der Waals surface area contributed by atoms with Gasteiger partial charge in [-0.15, -0.1) is 0 Å². The molecule has 0 saturated carbocycles. The van der Waals surface area contributed by atoms with Gasteiger partial charge in [0, 0.05) is 38.8 Å². The molecule has 1 N–H and O–H groups in total. The average Bonchev–Trinajstić information content (AvgIpc) is 3.29. The fourth-order valence-corrected chi connectivity index (χ4v) is 4.62. The number of hydrogen-bond donors (Lipinski definition) is 1. The van der Waals surface area contributed by atoms with Crippen molar-refractivity contribution in [2.75, 3.05) is 45.2 Å². The Morgan fingerprint density at radius 1 is 1.14 bits per heavy atom. The number of hydrogen-bond acceptors (Lipinski definition) is 7. The van der Waals surface area contributed by atoms with Gasteiger partial charge in [0.15, 0.2) is 17.1 Å². The molecule has 0 radical (unpaired) electrons. The number of oxazole rings is 1. The second-order valence-electron chi connectivity index (χ2n) is 8.76. The largest absolute Gasteiger partial charge is 0.493 e. The van der Waals surface area contributed by atoms with Gasteiger partial charge in [-0.25, -0.2) is 0 Å². The number of rotatable bonds is 10. The molecule has 0 atom stereocenters. The topological polar surface area (TPSA) is 80.1 Å². The van der Waals surface area contributed by atoms with Gasteiger partial charge in [-0.3, -0.25) is 9.69 Å². The maximum absolute atomic E-state index is 12.9. The zero-order valence-electron chi connectivity index (χ0n) is 21.2. The lowest BCUT2D eigenvalue weighted by molar-refractivity contribution is 0.0774. The van der Waals surface area contributed by atoms with Crippen LogP contribution in [0.2, 0.25) is 0 Å². The van der Waals surface area contributed by atoms with Gasteiger partial charge in [0.2, 0.25) is 0 Å². The molecule has 188 valence electrons. The van der Waals surface area contributed by atoms with E-state index in [0.717, 1.165) is 44.0 Å². The van der Waals surface area contributed by atoms with Gasteiger partial charge in [0.1, 0.15) is 5.52 Å². The summed E-state index contributed by atoms with van der Waals surface area (Å²) in [7, 11) is 1.66. The van der Waals surface area contributed by atoms with Crippen LogP contribution in [0, 0.1) is 0 Å². The Morgan fingerprint density at radius 2 is 1.91 bits per heavy atom. The lowest BCUT2D eigenvalue weighted by Gasteiger charge is -2.32. The van der Waals surface area contributed by atoms with E-state index in [4.69, 9.17) is 13.9 Å². The van der Waals surface area contributed by atoms with Crippen LogP contribution in [0.3, 0.4) is 0 Å². The first-order valence-corrected chi connectivity index (χ1v) is 12.5. The SMILES string of the molecule is CCOc1cc(CN2CCC(Nc3nc4cccc(C(=O)N(CC)CC)c4o3)CC2)ccc1OC. The number of benzene rings is 2. The molecule has 1 aliphatic heterocycles. The molecule has 8 nitrogen and oxygen atoms in total. The summed E-state index contributed by atoms with van der Waals surface area (Å²) in [6, 6.07) is 12.5. The highest BCUT2D eigenvalue weighted by Crippen LogP contribution is 2.29. The molecule has 8 heteroatoms. The molecule has 1 saturated heterocycles. The molecule has 1 amide bonds. The molecule has 1 fully saturated rings. The number of likely N-dealkylation sites (tertiary alicyclic amines) is 1. The first kappa shape index (κ1) is 24.9. The number of aromatic nitrogens is 1. The summed E-state index contributed by atoms with van der Waals surface area (Å²) in [5.74, 6) is 1.53. The molecular formula is C27H36N4O4. The van der Waals surface area contributed by atoms with Crippen molar-refractivity contribution in [3.63, 3.8) is 0 Å². The van der Waals surface area contributed by atoms with Crippen molar-refractivity contribution in [1.82, 2.24) is 14.8 Å². The highest BCUT2D eigenvalue weighted by Gasteiger charge is 2.23. The summed E-state index contributed by atoms with van der Waals surface area (Å²) in [6.07, 6.45) is 1.97. The summed E-state index contributed by atoms with van der Waals surface area (Å²) in [4.78, 5) is 21.7.